The van der Waals surface area contributed by atoms with Gasteiger partial charge in [0.1, 0.15) is 4.88 Å². The highest BCUT2D eigenvalue weighted by Gasteiger charge is 2.15. The van der Waals surface area contributed by atoms with Crippen molar-refractivity contribution in [2.24, 2.45) is 7.05 Å². The number of hydrogen-bond acceptors (Lipinski definition) is 4. The summed E-state index contributed by atoms with van der Waals surface area (Å²) in [6.07, 6.45) is 0. The normalized spacial score (nSPS) is 10.5. The van der Waals surface area contributed by atoms with Crippen molar-refractivity contribution in [3.8, 4) is 5.88 Å². The third-order valence-electron chi connectivity index (χ3n) is 2.55. The van der Waals surface area contributed by atoms with Gasteiger partial charge in [0.05, 0.1) is 5.71 Å². The first-order valence-corrected chi connectivity index (χ1v) is 6.28. The molecule has 3 nitrogen and oxygen atoms in total. The number of aryl methyl sites for hydroxylation is 1. The largest absolute Gasteiger partial charge is 0.493 e. The van der Waals surface area contributed by atoms with Crippen molar-refractivity contribution < 1.29 is 5.11 Å². The Labute approximate surface area is 108 Å². The molecule has 2 rings (SSSR count). The molecule has 0 radical (unpaired) electrons. The van der Waals surface area contributed by atoms with Crippen LogP contribution in [0.25, 0.3) is 0 Å². The van der Waals surface area contributed by atoms with Crippen LogP contribution in [0.1, 0.15) is 16.0 Å². The first-order valence-electron chi connectivity index (χ1n) is 5.05. The molecular weight excluding hydrogens is 252 g/mol. The fourth-order valence-electron chi connectivity index (χ4n) is 1.45. The van der Waals surface area contributed by atoms with E-state index in [1.807, 2.05) is 31.2 Å². The van der Waals surface area contributed by atoms with Crippen molar-refractivity contribution in [1.29, 1.82) is 5.41 Å². The lowest BCUT2D eigenvalue weighted by Gasteiger charge is -2.03. The Morgan fingerprint density at radius 2 is 1.94 bits per heavy atom. The number of hydrogen-bond donors (Lipinski definition) is 2. The summed E-state index contributed by atoms with van der Waals surface area (Å²) in [5.41, 5.74) is 2.23. The molecule has 1 heterocycles. The van der Waals surface area contributed by atoms with E-state index in [4.69, 9.17) is 17.6 Å². The number of nitrogens with zero attached hydrogens (tertiary/aromatic N) is 1. The Morgan fingerprint density at radius 3 is 2.41 bits per heavy atom. The second-order valence-corrected chi connectivity index (χ2v) is 5.46. The predicted molar refractivity (Wildman–Crippen MR) is 72.9 cm³/mol. The molecule has 0 aliphatic rings. The van der Waals surface area contributed by atoms with Gasteiger partial charge in [-0.2, -0.15) is 0 Å². The molecule has 0 saturated heterocycles. The second kappa shape index (κ2) is 4.43. The maximum absolute atomic E-state index is 9.87. The van der Waals surface area contributed by atoms with Crippen LogP contribution in [0.4, 0.5) is 0 Å². The fourth-order valence-corrected chi connectivity index (χ4v) is 2.64. The molecule has 0 fully saturated rings. The minimum Gasteiger partial charge on any atom is -0.493 e. The fraction of sp³-hybridized carbons (Fsp3) is 0.167. The van der Waals surface area contributed by atoms with Gasteiger partial charge in [-0.05, 0) is 19.1 Å². The maximum Gasteiger partial charge on any atom is 0.212 e. The van der Waals surface area contributed by atoms with Gasteiger partial charge in [-0.15, -0.1) is 0 Å². The number of aromatic hydroxyl groups is 1. The zero-order chi connectivity index (χ0) is 12.6. The summed E-state index contributed by atoms with van der Waals surface area (Å²) >= 11 is 6.33. The van der Waals surface area contributed by atoms with Crippen molar-refractivity contribution in [2.75, 3.05) is 0 Å². The van der Waals surface area contributed by atoms with Crippen LogP contribution in [-0.4, -0.2) is 15.4 Å². The molecule has 0 bridgehead atoms. The van der Waals surface area contributed by atoms with E-state index < -0.39 is 0 Å². The summed E-state index contributed by atoms with van der Waals surface area (Å²) in [7, 11) is 1.69. The number of nitrogens with one attached hydrogen (secondary N) is 1. The van der Waals surface area contributed by atoms with Crippen molar-refractivity contribution in [2.45, 2.75) is 6.92 Å². The third kappa shape index (κ3) is 2.16. The molecule has 0 amide bonds. The Bertz CT molecular complexity index is 623. The Hall–Kier alpha value is -1.46. The van der Waals surface area contributed by atoms with Gasteiger partial charge in [0, 0.05) is 12.6 Å². The van der Waals surface area contributed by atoms with Crippen LogP contribution < -0.4 is 0 Å². The number of rotatable bonds is 2. The van der Waals surface area contributed by atoms with Crippen molar-refractivity contribution in [3.63, 3.8) is 0 Å². The molecule has 0 spiro atoms. The van der Waals surface area contributed by atoms with Crippen LogP contribution >= 0.6 is 23.6 Å². The summed E-state index contributed by atoms with van der Waals surface area (Å²) in [5, 5.41) is 18.0. The predicted octanol–water partition coefficient (Wildman–Crippen LogP) is 3.25. The van der Waals surface area contributed by atoms with E-state index >= 15 is 0 Å². The average Bonchev–Trinajstić information content (AvgIpc) is 2.57. The first-order chi connectivity index (χ1) is 8.00. The van der Waals surface area contributed by atoms with Gasteiger partial charge in [0.25, 0.3) is 0 Å². The minimum atomic E-state index is 0.0607. The molecule has 0 atom stereocenters. The molecule has 17 heavy (non-hydrogen) atoms. The molecule has 0 aliphatic carbocycles. The van der Waals surface area contributed by atoms with Crippen LogP contribution in [0.3, 0.4) is 0 Å². The van der Waals surface area contributed by atoms with E-state index in [2.05, 4.69) is 0 Å². The summed E-state index contributed by atoms with van der Waals surface area (Å²) in [5.74, 6) is 0.0607. The van der Waals surface area contributed by atoms with E-state index in [-0.39, 0.29) is 5.88 Å². The lowest BCUT2D eigenvalue weighted by molar-refractivity contribution is 0.430. The summed E-state index contributed by atoms with van der Waals surface area (Å²) in [6, 6.07) is 7.64. The number of benzene rings is 1. The second-order valence-electron chi connectivity index (χ2n) is 3.82. The van der Waals surface area contributed by atoms with Gasteiger partial charge < -0.3 is 5.11 Å². The average molecular weight is 264 g/mol. The van der Waals surface area contributed by atoms with Crippen LogP contribution in [0.15, 0.2) is 24.3 Å². The molecule has 1 aromatic heterocycles. The van der Waals surface area contributed by atoms with Gasteiger partial charge in [-0.25, -0.2) is 0 Å². The minimum absolute atomic E-state index is 0.0607. The molecule has 0 saturated carbocycles. The van der Waals surface area contributed by atoms with Gasteiger partial charge >= 0.3 is 0 Å². The van der Waals surface area contributed by atoms with E-state index in [0.717, 1.165) is 11.1 Å². The third-order valence-corrected chi connectivity index (χ3v) is 4.11. The van der Waals surface area contributed by atoms with Gasteiger partial charge in [-0.1, -0.05) is 41.2 Å². The smallest absolute Gasteiger partial charge is 0.212 e. The zero-order valence-electron chi connectivity index (χ0n) is 9.52. The van der Waals surface area contributed by atoms with Crippen LogP contribution in [0, 0.1) is 16.3 Å². The highest BCUT2D eigenvalue weighted by molar-refractivity contribution is 7.73. The highest BCUT2D eigenvalue weighted by atomic mass is 32.1. The molecule has 2 N–H and O–H groups in total. The molecule has 2 aromatic rings. The summed E-state index contributed by atoms with van der Waals surface area (Å²) < 4.78 is 2.08. The first kappa shape index (κ1) is 12.0. The topological polar surface area (TPSA) is 49.0 Å². The molecule has 0 aliphatic heterocycles. The standard InChI is InChI=1S/C12H12N2OS2/c1-7-3-5-8(6-4-7)9(13)10-11(15)14(2)12(16)17-10/h3-6,13,15H,1-2H3. The Kier molecular flexibility index (Phi) is 3.13. The van der Waals surface area contributed by atoms with E-state index in [1.54, 1.807) is 7.05 Å². The molecule has 5 heteroatoms. The zero-order valence-corrected chi connectivity index (χ0v) is 11.2. The van der Waals surface area contributed by atoms with Gasteiger partial charge in [-0.3, -0.25) is 9.98 Å². The lowest BCUT2D eigenvalue weighted by atomic mass is 10.1. The molecule has 1 aromatic carbocycles. The van der Waals surface area contributed by atoms with Gasteiger partial charge in [0.2, 0.25) is 5.88 Å². The number of thiazole rings is 1. The molecule has 88 valence electrons. The van der Waals surface area contributed by atoms with E-state index in [9.17, 15) is 5.11 Å². The quantitative estimate of drug-likeness (QED) is 0.646. The Balaban J connectivity index is 2.47. The monoisotopic (exact) mass is 264 g/mol. The SMILES string of the molecule is Cc1ccc(C(=N)c2sc(=S)n(C)c2O)cc1. The molecule has 0 unspecified atom stereocenters. The van der Waals surface area contributed by atoms with Gasteiger partial charge in [0.15, 0.2) is 3.95 Å². The van der Waals surface area contributed by atoms with Crippen molar-refractivity contribution >= 4 is 29.3 Å². The molecular formula is C12H12N2OS2. The lowest BCUT2D eigenvalue weighted by Crippen LogP contribution is -2.00. The van der Waals surface area contributed by atoms with E-state index in [0.29, 0.717) is 14.5 Å². The maximum atomic E-state index is 9.87. The summed E-state index contributed by atoms with van der Waals surface area (Å²) in [6.45, 7) is 2.00. The van der Waals surface area contributed by atoms with Crippen LogP contribution in [0.5, 0.6) is 5.88 Å². The van der Waals surface area contributed by atoms with Crippen LogP contribution in [-0.2, 0) is 7.05 Å². The number of aromatic nitrogens is 1. The van der Waals surface area contributed by atoms with Crippen molar-refractivity contribution in [1.82, 2.24) is 4.57 Å². The van der Waals surface area contributed by atoms with Crippen molar-refractivity contribution in [3.05, 3.63) is 44.2 Å². The van der Waals surface area contributed by atoms with E-state index in [1.165, 1.54) is 15.9 Å². The Morgan fingerprint density at radius 1 is 1.35 bits per heavy atom. The summed E-state index contributed by atoms with van der Waals surface area (Å²) in [4.78, 5) is 0.515. The highest BCUT2D eigenvalue weighted by Crippen LogP contribution is 2.27. The van der Waals surface area contributed by atoms with Crippen LogP contribution in [0.2, 0.25) is 0 Å².